The van der Waals surface area contributed by atoms with Crippen molar-refractivity contribution < 1.29 is 4.74 Å². The van der Waals surface area contributed by atoms with Crippen molar-refractivity contribution in [2.75, 3.05) is 17.7 Å². The lowest BCUT2D eigenvalue weighted by Gasteiger charge is -2.07. The van der Waals surface area contributed by atoms with Crippen LogP contribution in [0, 0.1) is 0 Å². The Labute approximate surface area is 105 Å². The highest BCUT2D eigenvalue weighted by molar-refractivity contribution is 5.38. The predicted octanol–water partition coefficient (Wildman–Crippen LogP) is 1.46. The van der Waals surface area contributed by atoms with Gasteiger partial charge in [0, 0.05) is 18.8 Å². The zero-order chi connectivity index (χ0) is 12.8. The summed E-state index contributed by atoms with van der Waals surface area (Å²) in [4.78, 5) is 12.1. The molecule has 0 bridgehead atoms. The van der Waals surface area contributed by atoms with Gasteiger partial charge in [-0.3, -0.25) is 0 Å². The van der Waals surface area contributed by atoms with Crippen LogP contribution in [0.15, 0.2) is 30.7 Å². The number of nitrogens with two attached hydrogens (primary N) is 1. The minimum atomic E-state index is 0.513. The molecule has 0 saturated carbocycles. The van der Waals surface area contributed by atoms with Crippen molar-refractivity contribution in [1.82, 2.24) is 15.0 Å². The van der Waals surface area contributed by atoms with Crippen molar-refractivity contribution >= 4 is 11.6 Å². The molecule has 0 radical (unpaired) electrons. The first-order valence-corrected chi connectivity index (χ1v) is 5.67. The highest BCUT2D eigenvalue weighted by Crippen LogP contribution is 2.12. The number of aromatic nitrogens is 3. The number of ether oxygens (including phenoxy) is 1. The van der Waals surface area contributed by atoms with Gasteiger partial charge in [0.25, 0.3) is 0 Å². The topological polar surface area (TPSA) is 86.0 Å². The van der Waals surface area contributed by atoms with E-state index in [1.54, 1.807) is 18.3 Å². The van der Waals surface area contributed by atoms with Crippen LogP contribution in [0.3, 0.4) is 0 Å². The summed E-state index contributed by atoms with van der Waals surface area (Å²) in [5.41, 5.74) is 6.55. The highest BCUT2D eigenvalue weighted by atomic mass is 16.5. The minimum absolute atomic E-state index is 0.513. The quantitative estimate of drug-likeness (QED) is 0.829. The van der Waals surface area contributed by atoms with E-state index in [1.807, 2.05) is 13.0 Å². The molecular weight excluding hydrogens is 230 g/mol. The van der Waals surface area contributed by atoms with Crippen LogP contribution in [0.5, 0.6) is 5.88 Å². The number of rotatable bonds is 5. The summed E-state index contributed by atoms with van der Waals surface area (Å²) >= 11 is 0. The van der Waals surface area contributed by atoms with Crippen molar-refractivity contribution in [2.45, 2.75) is 13.5 Å². The maximum atomic E-state index is 5.52. The van der Waals surface area contributed by atoms with Gasteiger partial charge >= 0.3 is 0 Å². The van der Waals surface area contributed by atoms with Crippen molar-refractivity contribution in [3.63, 3.8) is 0 Å². The monoisotopic (exact) mass is 245 g/mol. The van der Waals surface area contributed by atoms with E-state index in [4.69, 9.17) is 10.5 Å². The Morgan fingerprint density at radius 2 is 2.17 bits per heavy atom. The maximum absolute atomic E-state index is 5.52. The molecule has 3 N–H and O–H groups in total. The lowest BCUT2D eigenvalue weighted by Crippen LogP contribution is -2.03. The molecule has 0 saturated heterocycles. The Bertz CT molecular complexity index is 500. The van der Waals surface area contributed by atoms with Crippen LogP contribution in [0.4, 0.5) is 11.6 Å². The maximum Gasteiger partial charge on any atom is 0.218 e. The molecule has 2 aromatic rings. The summed E-state index contributed by atoms with van der Waals surface area (Å²) in [6, 6.07) is 5.44. The van der Waals surface area contributed by atoms with Crippen LogP contribution in [0.1, 0.15) is 12.5 Å². The lowest BCUT2D eigenvalue weighted by atomic mass is 10.3. The molecule has 2 heterocycles. The van der Waals surface area contributed by atoms with Crippen LogP contribution in [0.25, 0.3) is 0 Å². The summed E-state index contributed by atoms with van der Waals surface area (Å²) in [6.45, 7) is 3.11. The Balaban J connectivity index is 1.97. The molecule has 6 heteroatoms. The molecule has 0 aliphatic carbocycles. The third-order valence-corrected chi connectivity index (χ3v) is 2.26. The van der Waals surface area contributed by atoms with Crippen LogP contribution >= 0.6 is 0 Å². The van der Waals surface area contributed by atoms with Gasteiger partial charge in [-0.25, -0.2) is 15.0 Å². The number of nitrogens with zero attached hydrogens (tertiary/aromatic N) is 3. The first kappa shape index (κ1) is 12.1. The molecule has 0 aliphatic heterocycles. The van der Waals surface area contributed by atoms with E-state index in [2.05, 4.69) is 20.3 Å². The van der Waals surface area contributed by atoms with E-state index in [9.17, 15) is 0 Å². The SMILES string of the molecule is CCOc1cc(NCc2ccc(N)nc2)ncn1. The van der Waals surface area contributed by atoms with Gasteiger partial charge in [0.2, 0.25) is 5.88 Å². The zero-order valence-corrected chi connectivity index (χ0v) is 10.1. The zero-order valence-electron chi connectivity index (χ0n) is 10.1. The van der Waals surface area contributed by atoms with Crippen molar-refractivity contribution in [2.24, 2.45) is 0 Å². The molecule has 0 aliphatic rings. The van der Waals surface area contributed by atoms with Crippen LogP contribution < -0.4 is 15.8 Å². The largest absolute Gasteiger partial charge is 0.478 e. The van der Waals surface area contributed by atoms with Crippen molar-refractivity contribution in [3.05, 3.63) is 36.3 Å². The summed E-state index contributed by atoms with van der Waals surface area (Å²) in [6.07, 6.45) is 3.20. The van der Waals surface area contributed by atoms with Crippen LogP contribution in [-0.2, 0) is 6.54 Å². The number of nitrogens with one attached hydrogen (secondary N) is 1. The predicted molar refractivity (Wildman–Crippen MR) is 69.2 cm³/mol. The molecule has 0 unspecified atom stereocenters. The number of nitrogen functional groups attached to an aromatic ring is 1. The van der Waals surface area contributed by atoms with E-state index in [0.717, 1.165) is 5.56 Å². The van der Waals surface area contributed by atoms with Gasteiger partial charge in [-0.15, -0.1) is 0 Å². The van der Waals surface area contributed by atoms with Crippen LogP contribution in [-0.4, -0.2) is 21.6 Å². The number of anilines is 2. The second-order valence-corrected chi connectivity index (χ2v) is 3.62. The molecule has 0 amide bonds. The van der Waals surface area contributed by atoms with E-state index >= 15 is 0 Å². The first-order chi connectivity index (χ1) is 8.78. The normalized spacial score (nSPS) is 10.1. The van der Waals surface area contributed by atoms with Crippen LogP contribution in [0.2, 0.25) is 0 Å². The lowest BCUT2D eigenvalue weighted by molar-refractivity contribution is 0.326. The third kappa shape index (κ3) is 3.31. The molecule has 0 fully saturated rings. The van der Waals surface area contributed by atoms with Crippen molar-refractivity contribution in [3.8, 4) is 5.88 Å². The van der Waals surface area contributed by atoms with Gasteiger partial charge < -0.3 is 15.8 Å². The summed E-state index contributed by atoms with van der Waals surface area (Å²) in [5.74, 6) is 1.79. The molecule has 0 atom stereocenters. The molecule has 94 valence electrons. The van der Waals surface area contributed by atoms with Gasteiger partial charge in [0.15, 0.2) is 0 Å². The second kappa shape index (κ2) is 5.81. The minimum Gasteiger partial charge on any atom is -0.478 e. The fraction of sp³-hybridized carbons (Fsp3) is 0.250. The fourth-order valence-electron chi connectivity index (χ4n) is 1.40. The van der Waals surface area contributed by atoms with E-state index in [0.29, 0.717) is 30.7 Å². The molecule has 0 spiro atoms. The standard InChI is InChI=1S/C12H15N5O/c1-2-18-12-5-11(16-8-17-12)15-7-9-3-4-10(13)14-6-9/h3-6,8H,2,7H2,1H3,(H2,13,14)(H,15,16,17). The molecular formula is C12H15N5O. The molecule has 2 rings (SSSR count). The fourth-order valence-corrected chi connectivity index (χ4v) is 1.40. The van der Waals surface area contributed by atoms with Gasteiger partial charge in [0.05, 0.1) is 6.61 Å². The Morgan fingerprint density at radius 1 is 1.28 bits per heavy atom. The van der Waals surface area contributed by atoms with E-state index in [-0.39, 0.29) is 0 Å². The smallest absolute Gasteiger partial charge is 0.218 e. The Hall–Kier alpha value is -2.37. The van der Waals surface area contributed by atoms with Gasteiger partial charge in [-0.2, -0.15) is 0 Å². The summed E-state index contributed by atoms with van der Waals surface area (Å²) < 4.78 is 5.29. The van der Waals surface area contributed by atoms with Gasteiger partial charge in [-0.1, -0.05) is 6.07 Å². The van der Waals surface area contributed by atoms with E-state index < -0.39 is 0 Å². The average Bonchev–Trinajstić information content (AvgIpc) is 2.39. The third-order valence-electron chi connectivity index (χ3n) is 2.26. The number of hydrogen-bond donors (Lipinski definition) is 2. The molecule has 2 aromatic heterocycles. The van der Waals surface area contributed by atoms with Gasteiger partial charge in [-0.05, 0) is 18.6 Å². The highest BCUT2D eigenvalue weighted by Gasteiger charge is 1.99. The number of pyridine rings is 1. The molecule has 6 nitrogen and oxygen atoms in total. The molecule has 18 heavy (non-hydrogen) atoms. The Kier molecular flexibility index (Phi) is 3.90. The van der Waals surface area contributed by atoms with Gasteiger partial charge in [0.1, 0.15) is 18.0 Å². The average molecular weight is 245 g/mol. The van der Waals surface area contributed by atoms with E-state index in [1.165, 1.54) is 6.33 Å². The molecule has 0 aromatic carbocycles. The van der Waals surface area contributed by atoms with Crippen molar-refractivity contribution in [1.29, 1.82) is 0 Å². The number of hydrogen-bond acceptors (Lipinski definition) is 6. The second-order valence-electron chi connectivity index (χ2n) is 3.62. The summed E-state index contributed by atoms with van der Waals surface area (Å²) in [5, 5.41) is 3.17. The summed E-state index contributed by atoms with van der Waals surface area (Å²) in [7, 11) is 0. The Morgan fingerprint density at radius 3 is 2.89 bits per heavy atom. The first-order valence-electron chi connectivity index (χ1n) is 5.67.